The zero-order chi connectivity index (χ0) is 15.2. The predicted octanol–water partition coefficient (Wildman–Crippen LogP) is 0.941. The standard InChI is InChI=1S/C13H21N3O2S2/c1-16(2)10-6-5-9-15-20(17,18)12-8-4-3-7-11(12)13(14)19/h3-4,7-8,15H,5-6,9-10H2,1-2H3,(H2,14,19). The van der Waals surface area contributed by atoms with E-state index in [1.807, 2.05) is 14.1 Å². The van der Waals surface area contributed by atoms with Crippen LogP contribution in [0.15, 0.2) is 29.2 Å². The topological polar surface area (TPSA) is 75.4 Å². The van der Waals surface area contributed by atoms with Crippen molar-refractivity contribution in [2.45, 2.75) is 17.7 Å². The van der Waals surface area contributed by atoms with Crippen molar-refractivity contribution in [1.29, 1.82) is 0 Å². The maximum atomic E-state index is 12.2. The zero-order valence-electron chi connectivity index (χ0n) is 11.8. The molecule has 0 aliphatic rings. The van der Waals surface area contributed by atoms with Crippen LogP contribution in [0.25, 0.3) is 0 Å². The van der Waals surface area contributed by atoms with Crippen LogP contribution in [0.5, 0.6) is 0 Å². The lowest BCUT2D eigenvalue weighted by atomic mass is 10.2. The first kappa shape index (κ1) is 17.0. The second kappa shape index (κ2) is 7.68. The Morgan fingerprint density at radius 1 is 1.30 bits per heavy atom. The smallest absolute Gasteiger partial charge is 0.241 e. The minimum Gasteiger partial charge on any atom is -0.389 e. The summed E-state index contributed by atoms with van der Waals surface area (Å²) in [4.78, 5) is 2.29. The highest BCUT2D eigenvalue weighted by Crippen LogP contribution is 2.15. The third-order valence-electron chi connectivity index (χ3n) is 2.77. The highest BCUT2D eigenvalue weighted by atomic mass is 32.2. The van der Waals surface area contributed by atoms with Gasteiger partial charge in [-0.3, -0.25) is 0 Å². The molecule has 112 valence electrons. The molecule has 0 unspecified atom stereocenters. The van der Waals surface area contributed by atoms with Crippen molar-refractivity contribution in [2.24, 2.45) is 5.73 Å². The number of nitrogens with one attached hydrogen (secondary N) is 1. The van der Waals surface area contributed by atoms with E-state index in [1.165, 1.54) is 6.07 Å². The number of unbranched alkanes of at least 4 members (excludes halogenated alkanes) is 1. The van der Waals surface area contributed by atoms with Gasteiger partial charge in [0.1, 0.15) is 4.99 Å². The van der Waals surface area contributed by atoms with Crippen LogP contribution in [-0.2, 0) is 10.0 Å². The summed E-state index contributed by atoms with van der Waals surface area (Å²) in [5, 5.41) is 0. The van der Waals surface area contributed by atoms with Gasteiger partial charge in [0, 0.05) is 12.1 Å². The van der Waals surface area contributed by atoms with E-state index in [1.54, 1.807) is 18.2 Å². The van der Waals surface area contributed by atoms with Crippen LogP contribution in [0.3, 0.4) is 0 Å². The fraction of sp³-hybridized carbons (Fsp3) is 0.462. The third kappa shape index (κ3) is 5.16. The van der Waals surface area contributed by atoms with Crippen molar-refractivity contribution in [3.63, 3.8) is 0 Å². The Morgan fingerprint density at radius 3 is 2.55 bits per heavy atom. The Hall–Kier alpha value is -1.02. The molecule has 5 nitrogen and oxygen atoms in total. The molecule has 1 aromatic rings. The summed E-state index contributed by atoms with van der Waals surface area (Å²) >= 11 is 4.88. The first-order valence-electron chi connectivity index (χ1n) is 6.38. The van der Waals surface area contributed by atoms with E-state index in [4.69, 9.17) is 18.0 Å². The first-order valence-corrected chi connectivity index (χ1v) is 8.27. The molecule has 0 aliphatic carbocycles. The Balaban J connectivity index is 2.68. The lowest BCUT2D eigenvalue weighted by Crippen LogP contribution is -2.28. The maximum absolute atomic E-state index is 12.2. The van der Waals surface area contributed by atoms with Gasteiger partial charge in [-0.2, -0.15) is 0 Å². The average molecular weight is 315 g/mol. The Labute approximate surface area is 126 Å². The molecule has 0 spiro atoms. The van der Waals surface area contributed by atoms with E-state index in [0.29, 0.717) is 12.1 Å². The maximum Gasteiger partial charge on any atom is 0.241 e. The Bertz CT molecular complexity index is 556. The molecule has 0 radical (unpaired) electrons. The molecule has 1 rings (SSSR count). The summed E-state index contributed by atoms with van der Waals surface area (Å²) in [6.07, 6.45) is 1.72. The quantitative estimate of drug-likeness (QED) is 0.552. The van der Waals surface area contributed by atoms with E-state index < -0.39 is 10.0 Å². The summed E-state index contributed by atoms with van der Waals surface area (Å²) in [7, 11) is 0.410. The van der Waals surface area contributed by atoms with E-state index in [9.17, 15) is 8.42 Å². The fourth-order valence-electron chi connectivity index (χ4n) is 1.74. The number of nitrogens with zero attached hydrogens (tertiary/aromatic N) is 1. The number of sulfonamides is 1. The van der Waals surface area contributed by atoms with Crippen molar-refractivity contribution in [3.8, 4) is 0 Å². The van der Waals surface area contributed by atoms with Gasteiger partial charge >= 0.3 is 0 Å². The molecule has 0 saturated carbocycles. The van der Waals surface area contributed by atoms with Crippen molar-refractivity contribution < 1.29 is 8.42 Å². The van der Waals surface area contributed by atoms with Gasteiger partial charge in [-0.1, -0.05) is 30.4 Å². The lowest BCUT2D eigenvalue weighted by molar-refractivity contribution is 0.394. The largest absolute Gasteiger partial charge is 0.389 e. The van der Waals surface area contributed by atoms with E-state index in [-0.39, 0.29) is 9.88 Å². The Kier molecular flexibility index (Phi) is 6.54. The molecule has 0 aromatic heterocycles. The Morgan fingerprint density at radius 2 is 1.95 bits per heavy atom. The minimum atomic E-state index is -3.57. The predicted molar refractivity (Wildman–Crippen MR) is 85.3 cm³/mol. The highest BCUT2D eigenvalue weighted by Gasteiger charge is 2.18. The van der Waals surface area contributed by atoms with Gasteiger partial charge < -0.3 is 10.6 Å². The number of benzene rings is 1. The van der Waals surface area contributed by atoms with Crippen LogP contribution in [0.2, 0.25) is 0 Å². The normalized spacial score (nSPS) is 11.8. The van der Waals surface area contributed by atoms with Crippen LogP contribution >= 0.6 is 12.2 Å². The minimum absolute atomic E-state index is 0.0820. The molecule has 0 amide bonds. The summed E-state index contributed by atoms with van der Waals surface area (Å²) < 4.78 is 27.0. The summed E-state index contributed by atoms with van der Waals surface area (Å²) in [6, 6.07) is 6.49. The molecule has 3 N–H and O–H groups in total. The molecule has 0 aliphatic heterocycles. The second-order valence-electron chi connectivity index (χ2n) is 4.77. The molecule has 1 aromatic carbocycles. The van der Waals surface area contributed by atoms with Crippen molar-refractivity contribution in [1.82, 2.24) is 9.62 Å². The first-order chi connectivity index (χ1) is 9.34. The van der Waals surface area contributed by atoms with E-state index in [2.05, 4.69) is 9.62 Å². The molecular weight excluding hydrogens is 294 g/mol. The number of rotatable bonds is 8. The lowest BCUT2D eigenvalue weighted by Gasteiger charge is -2.11. The van der Waals surface area contributed by atoms with Crippen molar-refractivity contribution in [2.75, 3.05) is 27.2 Å². The van der Waals surface area contributed by atoms with Crippen LogP contribution in [0.1, 0.15) is 18.4 Å². The molecule has 0 atom stereocenters. The second-order valence-corrected chi connectivity index (χ2v) is 6.94. The van der Waals surface area contributed by atoms with E-state index in [0.717, 1.165) is 19.4 Å². The van der Waals surface area contributed by atoms with E-state index >= 15 is 0 Å². The van der Waals surface area contributed by atoms with Crippen LogP contribution in [-0.4, -0.2) is 45.5 Å². The summed E-state index contributed by atoms with van der Waals surface area (Å²) in [5.74, 6) is 0. The van der Waals surface area contributed by atoms with Gasteiger partial charge in [0.05, 0.1) is 4.90 Å². The fourth-order valence-corrected chi connectivity index (χ4v) is 3.28. The molecule has 0 bridgehead atoms. The highest BCUT2D eigenvalue weighted by molar-refractivity contribution is 7.89. The van der Waals surface area contributed by atoms with Gasteiger partial charge in [0.25, 0.3) is 0 Å². The number of hydrogen-bond donors (Lipinski definition) is 2. The average Bonchev–Trinajstić information content (AvgIpc) is 2.37. The van der Waals surface area contributed by atoms with Gasteiger partial charge in [-0.05, 0) is 39.5 Å². The van der Waals surface area contributed by atoms with Gasteiger partial charge in [-0.15, -0.1) is 0 Å². The van der Waals surface area contributed by atoms with Gasteiger partial charge in [-0.25, -0.2) is 13.1 Å². The molecule has 0 fully saturated rings. The molecule has 0 saturated heterocycles. The molecule has 7 heteroatoms. The zero-order valence-corrected chi connectivity index (χ0v) is 13.4. The van der Waals surface area contributed by atoms with Crippen LogP contribution in [0, 0.1) is 0 Å². The van der Waals surface area contributed by atoms with Gasteiger partial charge in [0.15, 0.2) is 0 Å². The summed E-state index contributed by atoms with van der Waals surface area (Å²) in [6.45, 7) is 1.34. The molecule has 0 heterocycles. The van der Waals surface area contributed by atoms with Gasteiger partial charge in [0.2, 0.25) is 10.0 Å². The molecular formula is C13H21N3O2S2. The van der Waals surface area contributed by atoms with Crippen LogP contribution in [0.4, 0.5) is 0 Å². The monoisotopic (exact) mass is 315 g/mol. The molecule has 20 heavy (non-hydrogen) atoms. The number of nitrogens with two attached hydrogens (primary N) is 1. The number of hydrogen-bond acceptors (Lipinski definition) is 4. The number of thiocarbonyl (C=S) groups is 1. The van der Waals surface area contributed by atoms with Crippen molar-refractivity contribution in [3.05, 3.63) is 29.8 Å². The van der Waals surface area contributed by atoms with Crippen molar-refractivity contribution >= 4 is 27.2 Å². The SMILES string of the molecule is CN(C)CCCCNS(=O)(=O)c1ccccc1C(N)=S. The summed E-state index contributed by atoms with van der Waals surface area (Å²) in [5.41, 5.74) is 5.93. The van der Waals surface area contributed by atoms with Crippen LogP contribution < -0.4 is 10.5 Å². The third-order valence-corrected chi connectivity index (χ3v) is 4.51.